The van der Waals surface area contributed by atoms with Crippen molar-refractivity contribution in [2.75, 3.05) is 11.4 Å². The number of fused-ring (bicyclic) bond motifs is 1. The molecule has 0 spiro atoms. The molecule has 1 aliphatic heterocycles. The summed E-state index contributed by atoms with van der Waals surface area (Å²) in [5.41, 5.74) is 8.60. The first kappa shape index (κ1) is 20.5. The Kier molecular flexibility index (Phi) is 5.62. The van der Waals surface area contributed by atoms with Crippen LogP contribution in [0.5, 0.6) is 11.5 Å². The fraction of sp³-hybridized carbons (Fsp3) is 0.261. The van der Waals surface area contributed by atoms with Gasteiger partial charge in [-0.2, -0.15) is 0 Å². The van der Waals surface area contributed by atoms with Crippen LogP contribution in [0, 0.1) is 13.8 Å². The lowest BCUT2D eigenvalue weighted by Gasteiger charge is -2.33. The number of ether oxygens (including phenoxy) is 2. The quantitative estimate of drug-likeness (QED) is 0.656. The normalized spacial score (nSPS) is 15.2. The zero-order chi connectivity index (χ0) is 22.0. The first-order valence-corrected chi connectivity index (χ1v) is 9.91. The molecule has 1 atom stereocenters. The van der Waals surface area contributed by atoms with Gasteiger partial charge >= 0.3 is 0 Å². The highest BCUT2D eigenvalue weighted by molar-refractivity contribution is 5.98. The van der Waals surface area contributed by atoms with Crippen LogP contribution >= 0.6 is 0 Å². The third kappa shape index (κ3) is 4.37. The SMILES string of the molecule is Cc1noc(C)c1COc1ccc(CC(=O)N2C[C@@H](C(N)=O)Oc3ccccc32)cc1. The number of nitrogens with zero attached hydrogens (tertiary/aromatic N) is 2. The first-order chi connectivity index (χ1) is 14.9. The third-order valence-electron chi connectivity index (χ3n) is 5.24. The monoisotopic (exact) mass is 421 g/mol. The van der Waals surface area contributed by atoms with Gasteiger partial charge in [0.05, 0.1) is 29.9 Å². The van der Waals surface area contributed by atoms with E-state index in [0.717, 1.165) is 22.6 Å². The predicted molar refractivity (Wildman–Crippen MR) is 113 cm³/mol. The average molecular weight is 421 g/mol. The summed E-state index contributed by atoms with van der Waals surface area (Å²) in [6.45, 7) is 4.17. The molecule has 3 aromatic rings. The summed E-state index contributed by atoms with van der Waals surface area (Å²) in [6.07, 6.45) is -0.705. The highest BCUT2D eigenvalue weighted by atomic mass is 16.5. The van der Waals surface area contributed by atoms with E-state index in [-0.39, 0.29) is 18.9 Å². The number of aryl methyl sites for hydroxylation is 2. The van der Waals surface area contributed by atoms with Gasteiger partial charge in [0.25, 0.3) is 5.91 Å². The van der Waals surface area contributed by atoms with Crippen LogP contribution in [0.2, 0.25) is 0 Å². The van der Waals surface area contributed by atoms with Crippen LogP contribution in [0.4, 0.5) is 5.69 Å². The van der Waals surface area contributed by atoms with Gasteiger partial charge in [-0.15, -0.1) is 0 Å². The van der Waals surface area contributed by atoms with E-state index in [0.29, 0.717) is 23.8 Å². The van der Waals surface area contributed by atoms with Crippen LogP contribution in [0.3, 0.4) is 0 Å². The molecule has 0 saturated heterocycles. The minimum absolute atomic E-state index is 0.0871. The molecule has 8 heteroatoms. The summed E-state index contributed by atoms with van der Waals surface area (Å²) in [5.74, 6) is 1.13. The van der Waals surface area contributed by atoms with Crippen molar-refractivity contribution < 1.29 is 23.6 Å². The number of hydrogen-bond acceptors (Lipinski definition) is 6. The molecule has 0 fully saturated rings. The zero-order valence-corrected chi connectivity index (χ0v) is 17.3. The van der Waals surface area contributed by atoms with Crippen molar-refractivity contribution in [3.63, 3.8) is 0 Å². The molecule has 2 N–H and O–H groups in total. The molecule has 1 aliphatic rings. The molecule has 160 valence electrons. The van der Waals surface area contributed by atoms with Crippen LogP contribution in [0.25, 0.3) is 0 Å². The molecule has 4 rings (SSSR count). The number of nitrogens with two attached hydrogens (primary N) is 1. The number of aromatic nitrogens is 1. The van der Waals surface area contributed by atoms with Crippen molar-refractivity contribution in [2.45, 2.75) is 33.0 Å². The molecule has 1 aromatic heterocycles. The second kappa shape index (κ2) is 8.51. The van der Waals surface area contributed by atoms with E-state index in [2.05, 4.69) is 5.16 Å². The molecule has 2 heterocycles. The standard InChI is InChI=1S/C23H23N3O5/c1-14-18(15(2)31-25-14)13-29-17-9-7-16(8-10-17)11-22(27)26-12-21(23(24)28)30-20-6-4-3-5-19(20)26/h3-10,21H,11-13H2,1-2H3,(H2,24,28)/t21-/m0/s1. The van der Waals surface area contributed by atoms with Gasteiger partial charge < -0.3 is 24.6 Å². The second-order valence-corrected chi connectivity index (χ2v) is 7.39. The van der Waals surface area contributed by atoms with Crippen molar-refractivity contribution in [1.82, 2.24) is 5.16 Å². The maximum absolute atomic E-state index is 13.0. The molecule has 31 heavy (non-hydrogen) atoms. The van der Waals surface area contributed by atoms with Crippen LogP contribution < -0.4 is 20.1 Å². The topological polar surface area (TPSA) is 108 Å². The Morgan fingerprint density at radius 3 is 2.58 bits per heavy atom. The van der Waals surface area contributed by atoms with Crippen molar-refractivity contribution in [1.29, 1.82) is 0 Å². The molecule has 8 nitrogen and oxygen atoms in total. The van der Waals surface area contributed by atoms with Crippen LogP contribution in [0.1, 0.15) is 22.6 Å². The van der Waals surface area contributed by atoms with E-state index in [1.165, 1.54) is 0 Å². The number of primary amides is 1. The number of carbonyl (C=O) groups excluding carboxylic acids is 2. The van der Waals surface area contributed by atoms with E-state index < -0.39 is 12.0 Å². The van der Waals surface area contributed by atoms with Gasteiger partial charge in [0, 0.05) is 0 Å². The Balaban J connectivity index is 1.43. The lowest BCUT2D eigenvalue weighted by Crippen LogP contribution is -2.49. The number of benzene rings is 2. The van der Waals surface area contributed by atoms with Gasteiger partial charge in [0.1, 0.15) is 23.9 Å². The number of carbonyl (C=O) groups is 2. The maximum atomic E-state index is 13.0. The fourth-order valence-electron chi connectivity index (χ4n) is 3.46. The van der Waals surface area contributed by atoms with Gasteiger partial charge in [-0.1, -0.05) is 29.4 Å². The van der Waals surface area contributed by atoms with Gasteiger partial charge in [0.15, 0.2) is 6.10 Å². The van der Waals surface area contributed by atoms with Crippen molar-refractivity contribution in [2.24, 2.45) is 5.73 Å². The van der Waals surface area contributed by atoms with Crippen LogP contribution in [-0.4, -0.2) is 29.6 Å². The van der Waals surface area contributed by atoms with Crippen LogP contribution in [-0.2, 0) is 22.6 Å². The summed E-state index contributed by atoms with van der Waals surface area (Å²) >= 11 is 0. The Labute approximate surface area is 179 Å². The molecule has 0 unspecified atom stereocenters. The molecular formula is C23H23N3O5. The van der Waals surface area contributed by atoms with Gasteiger partial charge in [-0.05, 0) is 43.7 Å². The summed E-state index contributed by atoms with van der Waals surface area (Å²) in [4.78, 5) is 26.2. The lowest BCUT2D eigenvalue weighted by atomic mass is 10.1. The van der Waals surface area contributed by atoms with Gasteiger partial charge in [-0.25, -0.2) is 0 Å². The summed E-state index contributed by atoms with van der Waals surface area (Å²) in [6, 6.07) is 14.4. The number of para-hydroxylation sites is 2. The Morgan fingerprint density at radius 2 is 1.90 bits per heavy atom. The Bertz CT molecular complexity index is 1090. The van der Waals surface area contributed by atoms with Crippen molar-refractivity contribution in [3.05, 3.63) is 71.1 Å². The maximum Gasteiger partial charge on any atom is 0.260 e. The summed E-state index contributed by atoms with van der Waals surface area (Å²) in [7, 11) is 0. The van der Waals surface area contributed by atoms with Gasteiger partial charge in [0.2, 0.25) is 5.91 Å². The van der Waals surface area contributed by atoms with Crippen molar-refractivity contribution >= 4 is 17.5 Å². The molecule has 2 amide bonds. The molecular weight excluding hydrogens is 398 g/mol. The number of rotatable bonds is 6. The zero-order valence-electron chi connectivity index (χ0n) is 17.3. The highest BCUT2D eigenvalue weighted by Crippen LogP contribution is 2.33. The largest absolute Gasteiger partial charge is 0.489 e. The minimum Gasteiger partial charge on any atom is -0.489 e. The number of hydrogen-bond donors (Lipinski definition) is 1. The molecule has 0 saturated carbocycles. The first-order valence-electron chi connectivity index (χ1n) is 9.91. The summed E-state index contributed by atoms with van der Waals surface area (Å²) in [5, 5.41) is 3.92. The van der Waals surface area contributed by atoms with E-state index >= 15 is 0 Å². The van der Waals surface area contributed by atoms with E-state index in [4.69, 9.17) is 19.7 Å². The molecule has 0 aliphatic carbocycles. The number of anilines is 1. The van der Waals surface area contributed by atoms with E-state index in [1.54, 1.807) is 23.1 Å². The highest BCUT2D eigenvalue weighted by Gasteiger charge is 2.32. The number of amides is 2. The van der Waals surface area contributed by atoms with E-state index in [9.17, 15) is 9.59 Å². The molecule has 0 bridgehead atoms. The van der Waals surface area contributed by atoms with E-state index in [1.807, 2.05) is 44.2 Å². The Morgan fingerprint density at radius 1 is 1.16 bits per heavy atom. The summed E-state index contributed by atoms with van der Waals surface area (Å²) < 4.78 is 16.6. The lowest BCUT2D eigenvalue weighted by molar-refractivity contribution is -0.125. The molecule has 0 radical (unpaired) electrons. The smallest absolute Gasteiger partial charge is 0.260 e. The predicted octanol–water partition coefficient (Wildman–Crippen LogP) is 2.69. The Hall–Kier alpha value is -3.81. The average Bonchev–Trinajstić information content (AvgIpc) is 3.09. The second-order valence-electron chi connectivity index (χ2n) is 7.39. The third-order valence-corrected chi connectivity index (χ3v) is 5.24. The minimum atomic E-state index is -0.876. The molecule has 2 aromatic carbocycles. The van der Waals surface area contributed by atoms with Crippen molar-refractivity contribution in [3.8, 4) is 11.5 Å². The van der Waals surface area contributed by atoms with Gasteiger partial charge in [-0.3, -0.25) is 9.59 Å². The van der Waals surface area contributed by atoms with Crippen LogP contribution in [0.15, 0.2) is 53.1 Å². The fourth-order valence-corrected chi connectivity index (χ4v) is 3.46.